The Kier molecular flexibility index (Phi) is 8.44. The van der Waals surface area contributed by atoms with Crippen molar-refractivity contribution in [3.63, 3.8) is 0 Å². The summed E-state index contributed by atoms with van der Waals surface area (Å²) in [4.78, 5) is 0. The second kappa shape index (κ2) is 15.4. The summed E-state index contributed by atoms with van der Waals surface area (Å²) in [6.45, 7) is 0. The highest BCUT2D eigenvalue weighted by atomic mass is 15.0. The second-order valence-electron chi connectivity index (χ2n) is 21.0. The average molecular weight is 963 g/mol. The standard InChI is InChI=1S/C74H46N2/c1-3-21-47(22-4-1)49-41-43-53-51-25-9-17-37-65(51)75(69(53)45-49)67-39-19-35-63-71(67)55-27-7-11-29-57(55)73(63)59-31-13-15-33-61(59)74(62-34-16-14-32-60(62)73)58-30-12-8-28-56(58)72-64(74)36-20-40-68(72)76-66-38-18-10-26-52(66)54-44-42-50(46-70(54)76)48-23-5-2-6-24-48/h1-46H. The number of nitrogens with zero attached hydrogens (tertiary/aromatic N) is 2. The first-order valence-corrected chi connectivity index (χ1v) is 26.6. The van der Waals surface area contributed by atoms with Gasteiger partial charge in [0.1, 0.15) is 0 Å². The molecule has 2 heteroatoms. The zero-order valence-corrected chi connectivity index (χ0v) is 41.5. The highest BCUT2D eigenvalue weighted by Gasteiger charge is 2.59. The van der Waals surface area contributed by atoms with Crippen molar-refractivity contribution >= 4 is 43.6 Å². The first kappa shape index (κ1) is 41.7. The van der Waals surface area contributed by atoms with E-state index in [1.165, 1.54) is 144 Å². The maximum absolute atomic E-state index is 2.55. The largest absolute Gasteiger partial charge is 0.309 e. The molecule has 0 amide bonds. The van der Waals surface area contributed by atoms with Crippen LogP contribution in [0.1, 0.15) is 44.5 Å². The minimum Gasteiger partial charge on any atom is -0.309 e. The average Bonchev–Trinajstić information content (AvgIpc) is 3.62. The molecule has 2 nitrogen and oxygen atoms in total. The Hall–Kier alpha value is -9.76. The molecule has 3 aliphatic rings. The first-order valence-electron chi connectivity index (χ1n) is 26.6. The SMILES string of the molecule is c1ccc(-c2ccc3c4ccccc4n(-c4cccc5c4-c4ccccc4C54c5ccccc5C5(c6ccccc6-c6c(-n7c8ccccc8c8ccc(-c9ccccc9)cc87)cccc65)c5ccccc54)c3c2)cc1. The van der Waals surface area contributed by atoms with Gasteiger partial charge in [0.25, 0.3) is 0 Å². The van der Waals surface area contributed by atoms with Crippen molar-refractivity contribution in [1.82, 2.24) is 9.13 Å². The molecule has 14 aromatic rings. The Morgan fingerprint density at radius 2 is 0.539 bits per heavy atom. The lowest BCUT2D eigenvalue weighted by atomic mass is 9.52. The van der Waals surface area contributed by atoms with E-state index in [9.17, 15) is 0 Å². The van der Waals surface area contributed by atoms with Crippen molar-refractivity contribution in [2.45, 2.75) is 10.8 Å². The molecule has 2 spiro atoms. The molecule has 12 aromatic carbocycles. The summed E-state index contributed by atoms with van der Waals surface area (Å²) >= 11 is 0. The third-order valence-corrected chi connectivity index (χ3v) is 17.6. The Morgan fingerprint density at radius 3 is 0.961 bits per heavy atom. The maximum atomic E-state index is 2.55. The van der Waals surface area contributed by atoms with E-state index in [2.05, 4.69) is 288 Å². The van der Waals surface area contributed by atoms with Gasteiger partial charge in [0.05, 0.1) is 44.3 Å². The quantitative estimate of drug-likeness (QED) is 0.166. The predicted octanol–water partition coefficient (Wildman–Crippen LogP) is 18.3. The molecule has 0 aliphatic heterocycles. The number of benzene rings is 12. The number of rotatable bonds is 4. The highest BCUT2D eigenvalue weighted by Crippen LogP contribution is 2.68. The minimum absolute atomic E-state index is 0.635. The molecule has 0 atom stereocenters. The smallest absolute Gasteiger partial charge is 0.0720 e. The van der Waals surface area contributed by atoms with Gasteiger partial charge in [-0.25, -0.2) is 0 Å². The number of para-hydroxylation sites is 2. The van der Waals surface area contributed by atoms with Crippen molar-refractivity contribution in [2.75, 3.05) is 0 Å². The van der Waals surface area contributed by atoms with Gasteiger partial charge in [0, 0.05) is 32.7 Å². The van der Waals surface area contributed by atoms with Crippen LogP contribution in [-0.4, -0.2) is 9.13 Å². The van der Waals surface area contributed by atoms with Crippen molar-refractivity contribution in [1.29, 1.82) is 0 Å². The summed E-state index contributed by atoms with van der Waals surface area (Å²) in [7, 11) is 0. The third-order valence-electron chi connectivity index (χ3n) is 17.6. The fourth-order valence-corrected chi connectivity index (χ4v) is 14.8. The fraction of sp³-hybridized carbons (Fsp3) is 0.0270. The number of fused-ring (bicyclic) bond motifs is 22. The summed E-state index contributed by atoms with van der Waals surface area (Å²) in [5.41, 5.74) is 26.4. The summed E-state index contributed by atoms with van der Waals surface area (Å²) < 4.78 is 5.10. The van der Waals surface area contributed by atoms with Crippen molar-refractivity contribution in [2.24, 2.45) is 0 Å². The van der Waals surface area contributed by atoms with Gasteiger partial charge in [-0.1, -0.05) is 243 Å². The van der Waals surface area contributed by atoms with E-state index >= 15 is 0 Å². The molecule has 0 radical (unpaired) electrons. The van der Waals surface area contributed by atoms with Gasteiger partial charge >= 0.3 is 0 Å². The second-order valence-corrected chi connectivity index (χ2v) is 21.0. The molecule has 2 heterocycles. The topological polar surface area (TPSA) is 9.86 Å². The molecule has 17 rings (SSSR count). The summed E-state index contributed by atoms with van der Waals surface area (Å²) in [6, 6.07) is 105. The van der Waals surface area contributed by atoms with Crippen LogP contribution in [-0.2, 0) is 10.8 Å². The summed E-state index contributed by atoms with van der Waals surface area (Å²) in [5.74, 6) is 0. The highest BCUT2D eigenvalue weighted by molar-refractivity contribution is 6.13. The molecular formula is C74H46N2. The Labute approximate surface area is 440 Å². The molecule has 0 unspecified atom stereocenters. The Balaban J connectivity index is 0.957. The normalized spacial score (nSPS) is 16.5. The van der Waals surface area contributed by atoms with Crippen LogP contribution in [0.2, 0.25) is 0 Å². The maximum Gasteiger partial charge on any atom is 0.0720 e. The van der Waals surface area contributed by atoms with E-state index in [-0.39, 0.29) is 0 Å². The van der Waals surface area contributed by atoms with Gasteiger partial charge in [0.15, 0.2) is 0 Å². The molecule has 0 fully saturated rings. The zero-order chi connectivity index (χ0) is 49.7. The zero-order valence-electron chi connectivity index (χ0n) is 41.5. The molecular weight excluding hydrogens is 917 g/mol. The van der Waals surface area contributed by atoms with Gasteiger partial charge in [-0.3, -0.25) is 0 Å². The molecule has 0 N–H and O–H groups in total. The van der Waals surface area contributed by atoms with Crippen molar-refractivity contribution in [3.05, 3.63) is 324 Å². The number of aromatic nitrogens is 2. The molecule has 352 valence electrons. The lowest BCUT2D eigenvalue weighted by Crippen LogP contribution is -2.43. The van der Waals surface area contributed by atoms with E-state index in [4.69, 9.17) is 0 Å². The molecule has 76 heavy (non-hydrogen) atoms. The van der Waals surface area contributed by atoms with Gasteiger partial charge in [-0.2, -0.15) is 0 Å². The molecule has 0 bridgehead atoms. The Morgan fingerprint density at radius 1 is 0.211 bits per heavy atom. The van der Waals surface area contributed by atoms with Gasteiger partial charge in [-0.05, 0) is 114 Å². The first-order chi connectivity index (χ1) is 37.7. The van der Waals surface area contributed by atoms with Gasteiger partial charge in [-0.15, -0.1) is 0 Å². The van der Waals surface area contributed by atoms with Crippen LogP contribution in [0.15, 0.2) is 279 Å². The van der Waals surface area contributed by atoms with Crippen molar-refractivity contribution < 1.29 is 0 Å². The summed E-state index contributed by atoms with van der Waals surface area (Å²) in [5, 5.41) is 5.00. The lowest BCUT2D eigenvalue weighted by Gasteiger charge is -2.48. The Bertz CT molecular complexity index is 4410. The molecule has 2 aromatic heterocycles. The fourth-order valence-electron chi connectivity index (χ4n) is 14.8. The lowest BCUT2D eigenvalue weighted by molar-refractivity contribution is 0.632. The monoisotopic (exact) mass is 962 g/mol. The van der Waals surface area contributed by atoms with Gasteiger partial charge in [0.2, 0.25) is 0 Å². The number of hydrogen-bond donors (Lipinski definition) is 0. The van der Waals surface area contributed by atoms with E-state index in [0.717, 1.165) is 0 Å². The van der Waals surface area contributed by atoms with E-state index in [1.807, 2.05) is 0 Å². The van der Waals surface area contributed by atoms with Crippen LogP contribution < -0.4 is 0 Å². The van der Waals surface area contributed by atoms with Crippen LogP contribution in [0, 0.1) is 0 Å². The van der Waals surface area contributed by atoms with E-state index in [1.54, 1.807) is 0 Å². The molecule has 3 aliphatic carbocycles. The van der Waals surface area contributed by atoms with Crippen LogP contribution in [0.3, 0.4) is 0 Å². The van der Waals surface area contributed by atoms with Gasteiger partial charge < -0.3 is 9.13 Å². The summed E-state index contributed by atoms with van der Waals surface area (Å²) in [6.07, 6.45) is 0. The van der Waals surface area contributed by atoms with Crippen LogP contribution >= 0.6 is 0 Å². The number of hydrogen-bond acceptors (Lipinski definition) is 0. The van der Waals surface area contributed by atoms with Crippen LogP contribution in [0.4, 0.5) is 0 Å². The van der Waals surface area contributed by atoms with E-state index < -0.39 is 10.8 Å². The molecule has 0 saturated heterocycles. The minimum atomic E-state index is -0.635. The van der Waals surface area contributed by atoms with E-state index in [0.29, 0.717) is 0 Å². The van der Waals surface area contributed by atoms with Crippen molar-refractivity contribution in [3.8, 4) is 55.9 Å². The third kappa shape index (κ3) is 5.20. The molecule has 0 saturated carbocycles. The van der Waals surface area contributed by atoms with Crippen LogP contribution in [0.25, 0.3) is 99.5 Å². The predicted molar refractivity (Wildman–Crippen MR) is 314 cm³/mol. The van der Waals surface area contributed by atoms with Crippen LogP contribution in [0.5, 0.6) is 0 Å².